The predicted molar refractivity (Wildman–Crippen MR) is 108 cm³/mol. The Balaban J connectivity index is 2.00. The van der Waals surface area contributed by atoms with E-state index >= 15 is 0 Å². The van der Waals surface area contributed by atoms with E-state index in [9.17, 15) is 14.4 Å². The molecule has 1 aromatic carbocycles. The van der Waals surface area contributed by atoms with Crippen molar-refractivity contribution >= 4 is 23.3 Å². The summed E-state index contributed by atoms with van der Waals surface area (Å²) < 4.78 is 5.36. The fourth-order valence-corrected chi connectivity index (χ4v) is 3.10. The van der Waals surface area contributed by atoms with Crippen molar-refractivity contribution in [2.45, 2.75) is 40.5 Å². The summed E-state index contributed by atoms with van der Waals surface area (Å²) in [6.07, 6.45) is 1.41. The van der Waals surface area contributed by atoms with E-state index in [-0.39, 0.29) is 18.2 Å². The van der Waals surface area contributed by atoms with Crippen LogP contribution in [-0.2, 0) is 11.2 Å². The first-order valence-corrected chi connectivity index (χ1v) is 9.40. The van der Waals surface area contributed by atoms with E-state index in [1.807, 2.05) is 13.8 Å². The summed E-state index contributed by atoms with van der Waals surface area (Å²) in [6, 6.07) is 6.99. The maximum absolute atomic E-state index is 12.6. The summed E-state index contributed by atoms with van der Waals surface area (Å²) in [7, 11) is 0. The van der Waals surface area contributed by atoms with Crippen molar-refractivity contribution in [3.05, 3.63) is 46.8 Å². The zero-order valence-electron chi connectivity index (χ0n) is 16.8. The summed E-state index contributed by atoms with van der Waals surface area (Å²) in [5.41, 5.74) is 2.89. The van der Waals surface area contributed by atoms with E-state index in [2.05, 4.69) is 15.6 Å². The van der Waals surface area contributed by atoms with Gasteiger partial charge in [-0.3, -0.25) is 14.4 Å². The lowest BCUT2D eigenvalue weighted by molar-refractivity contribution is -0.115. The lowest BCUT2D eigenvalue weighted by atomic mass is 10.0. The number of nitrogens with one attached hydrogen (secondary N) is 3. The van der Waals surface area contributed by atoms with Crippen molar-refractivity contribution in [2.24, 2.45) is 0 Å². The Morgan fingerprint density at radius 1 is 1.11 bits per heavy atom. The number of ether oxygens (including phenoxy) is 1. The molecule has 2 amide bonds. The second kappa shape index (κ2) is 9.73. The second-order valence-electron chi connectivity index (χ2n) is 6.47. The Bertz CT molecular complexity index is 853. The molecule has 0 radical (unpaired) electrons. The average molecular weight is 385 g/mol. The topological polar surface area (TPSA) is 100 Å². The van der Waals surface area contributed by atoms with Gasteiger partial charge in [0.05, 0.1) is 13.2 Å². The van der Waals surface area contributed by atoms with Crippen LogP contribution in [0.4, 0.5) is 5.69 Å². The zero-order valence-corrected chi connectivity index (χ0v) is 16.8. The number of aromatic amines is 1. The number of carbonyl (C=O) groups is 3. The van der Waals surface area contributed by atoms with Crippen molar-refractivity contribution in [1.82, 2.24) is 10.3 Å². The number of Topliss-reactive ketones (excluding diaryl/α,β-unsaturated/α-hetero) is 1. The first kappa shape index (κ1) is 21.2. The summed E-state index contributed by atoms with van der Waals surface area (Å²) in [5.74, 6) is -0.101. The molecule has 7 heteroatoms. The van der Waals surface area contributed by atoms with Gasteiger partial charge in [0.15, 0.2) is 5.78 Å². The fourth-order valence-electron chi connectivity index (χ4n) is 3.10. The van der Waals surface area contributed by atoms with Gasteiger partial charge in [-0.05, 0) is 57.0 Å². The number of carbonyl (C=O) groups excluding carboxylic acids is 3. The molecule has 2 rings (SSSR count). The normalized spacial score (nSPS) is 10.4. The number of anilines is 1. The largest absolute Gasteiger partial charge is 0.494 e. The van der Waals surface area contributed by atoms with Gasteiger partial charge in [-0.1, -0.05) is 13.3 Å². The van der Waals surface area contributed by atoms with Gasteiger partial charge in [-0.25, -0.2) is 0 Å². The van der Waals surface area contributed by atoms with Crippen LogP contribution in [0.25, 0.3) is 0 Å². The van der Waals surface area contributed by atoms with E-state index in [0.717, 1.165) is 12.2 Å². The van der Waals surface area contributed by atoms with Crippen LogP contribution in [0, 0.1) is 6.92 Å². The number of amides is 2. The minimum Gasteiger partial charge on any atom is -0.494 e. The molecule has 0 aliphatic heterocycles. The van der Waals surface area contributed by atoms with E-state index in [0.29, 0.717) is 41.2 Å². The average Bonchev–Trinajstić information content (AvgIpc) is 2.98. The minimum absolute atomic E-state index is 0.0792. The first-order valence-electron chi connectivity index (χ1n) is 9.40. The summed E-state index contributed by atoms with van der Waals surface area (Å²) in [5, 5.41) is 5.33. The van der Waals surface area contributed by atoms with Gasteiger partial charge in [0.1, 0.15) is 11.4 Å². The molecule has 0 saturated carbocycles. The molecule has 0 aliphatic rings. The van der Waals surface area contributed by atoms with Crippen molar-refractivity contribution in [2.75, 3.05) is 18.5 Å². The molecule has 0 bridgehead atoms. The highest BCUT2D eigenvalue weighted by Gasteiger charge is 2.22. The maximum atomic E-state index is 12.6. The van der Waals surface area contributed by atoms with Crippen LogP contribution in [0.15, 0.2) is 24.3 Å². The molecule has 0 spiro atoms. The minimum atomic E-state index is -0.402. The summed E-state index contributed by atoms with van der Waals surface area (Å²) >= 11 is 0. The lowest BCUT2D eigenvalue weighted by Gasteiger charge is -2.09. The third kappa shape index (κ3) is 5.22. The highest BCUT2D eigenvalue weighted by molar-refractivity contribution is 6.04. The van der Waals surface area contributed by atoms with Crippen molar-refractivity contribution in [3.63, 3.8) is 0 Å². The molecule has 0 saturated heterocycles. The number of rotatable bonds is 9. The van der Waals surface area contributed by atoms with Gasteiger partial charge in [0.2, 0.25) is 5.91 Å². The molecule has 0 unspecified atom stereocenters. The van der Waals surface area contributed by atoms with Gasteiger partial charge < -0.3 is 20.4 Å². The number of aryl methyl sites for hydroxylation is 1. The highest BCUT2D eigenvalue weighted by atomic mass is 16.5. The monoisotopic (exact) mass is 385 g/mol. The number of aromatic nitrogens is 1. The predicted octanol–water partition coefficient (Wildman–Crippen LogP) is 3.25. The van der Waals surface area contributed by atoms with Crippen molar-refractivity contribution < 1.29 is 19.1 Å². The van der Waals surface area contributed by atoms with E-state index in [1.165, 1.54) is 6.92 Å². The molecule has 0 atom stereocenters. The summed E-state index contributed by atoms with van der Waals surface area (Å²) in [4.78, 5) is 39.6. The quantitative estimate of drug-likeness (QED) is 0.577. The van der Waals surface area contributed by atoms with Crippen LogP contribution in [-0.4, -0.2) is 35.7 Å². The molecule has 7 nitrogen and oxygen atoms in total. The number of hydrogen-bond acceptors (Lipinski definition) is 4. The fraction of sp³-hybridized carbons (Fsp3) is 0.381. The molecule has 150 valence electrons. The number of H-pyrrole nitrogens is 1. The molecule has 3 N–H and O–H groups in total. The standard InChI is InChI=1S/C21H27N3O4/c1-5-7-17-19(14(4)25)13(3)23-20(17)21(27)22-12-18(26)24-15-8-10-16(11-9-15)28-6-2/h8-11,23H,5-7,12H2,1-4H3,(H,22,27)(H,24,26). The smallest absolute Gasteiger partial charge is 0.268 e. The van der Waals surface area contributed by atoms with Crippen LogP contribution in [0.2, 0.25) is 0 Å². The number of ketones is 1. The van der Waals surface area contributed by atoms with Crippen LogP contribution >= 0.6 is 0 Å². The van der Waals surface area contributed by atoms with Crippen LogP contribution < -0.4 is 15.4 Å². The number of benzene rings is 1. The molecular weight excluding hydrogens is 358 g/mol. The second-order valence-corrected chi connectivity index (χ2v) is 6.47. The van der Waals surface area contributed by atoms with Gasteiger partial charge >= 0.3 is 0 Å². The third-order valence-electron chi connectivity index (χ3n) is 4.23. The zero-order chi connectivity index (χ0) is 20.7. The van der Waals surface area contributed by atoms with Crippen molar-refractivity contribution in [3.8, 4) is 5.75 Å². The van der Waals surface area contributed by atoms with E-state index < -0.39 is 5.91 Å². The molecule has 0 aliphatic carbocycles. The Labute approximate surface area is 164 Å². The Kier molecular flexibility index (Phi) is 7.37. The first-order chi connectivity index (χ1) is 13.4. The van der Waals surface area contributed by atoms with Gasteiger partial charge in [0, 0.05) is 16.9 Å². The van der Waals surface area contributed by atoms with Crippen LogP contribution in [0.3, 0.4) is 0 Å². The Morgan fingerprint density at radius 2 is 1.79 bits per heavy atom. The molecular formula is C21H27N3O4. The molecule has 2 aromatic rings. The molecule has 0 fully saturated rings. The van der Waals surface area contributed by atoms with Crippen LogP contribution in [0.1, 0.15) is 59.3 Å². The highest BCUT2D eigenvalue weighted by Crippen LogP contribution is 2.21. The van der Waals surface area contributed by atoms with Gasteiger partial charge in [-0.2, -0.15) is 0 Å². The summed E-state index contributed by atoms with van der Waals surface area (Å²) in [6.45, 7) is 7.53. The Hall–Kier alpha value is -3.09. The van der Waals surface area contributed by atoms with Crippen LogP contribution in [0.5, 0.6) is 5.75 Å². The third-order valence-corrected chi connectivity index (χ3v) is 4.23. The molecule has 28 heavy (non-hydrogen) atoms. The molecule has 1 heterocycles. The van der Waals surface area contributed by atoms with Gasteiger partial charge in [0.25, 0.3) is 5.91 Å². The lowest BCUT2D eigenvalue weighted by Crippen LogP contribution is -2.33. The Morgan fingerprint density at radius 3 is 2.36 bits per heavy atom. The van der Waals surface area contributed by atoms with Crippen molar-refractivity contribution in [1.29, 1.82) is 0 Å². The SMILES string of the molecule is CCCc1c(C(=O)NCC(=O)Nc2ccc(OCC)cc2)[nH]c(C)c1C(C)=O. The maximum Gasteiger partial charge on any atom is 0.268 e. The van der Waals surface area contributed by atoms with E-state index in [1.54, 1.807) is 31.2 Å². The van der Waals surface area contributed by atoms with Gasteiger partial charge in [-0.15, -0.1) is 0 Å². The number of hydrogen-bond donors (Lipinski definition) is 3. The van der Waals surface area contributed by atoms with E-state index in [4.69, 9.17) is 4.74 Å². The molecule has 1 aromatic heterocycles.